The van der Waals surface area contributed by atoms with Gasteiger partial charge in [-0.25, -0.2) is 8.42 Å². The van der Waals surface area contributed by atoms with Gasteiger partial charge in [-0.2, -0.15) is 0 Å². The molecule has 0 heterocycles. The summed E-state index contributed by atoms with van der Waals surface area (Å²) in [5.74, 6) is -0.882. The lowest BCUT2D eigenvalue weighted by atomic mass is 9.95. The summed E-state index contributed by atoms with van der Waals surface area (Å²) in [7, 11) is -4.26. The number of nitrogens with one attached hydrogen (secondary N) is 1. The number of anilines is 1. The molecule has 3 aromatic rings. The molecule has 0 unspecified atom stereocenters. The van der Waals surface area contributed by atoms with Crippen LogP contribution in [0.25, 0.3) is 0 Å². The molecule has 12 heteroatoms. The third-order valence-corrected chi connectivity index (χ3v) is 10.5. The summed E-state index contributed by atoms with van der Waals surface area (Å²) in [5, 5.41) is 4.13. The third-order valence-electron chi connectivity index (χ3n) is 7.46. The Hall–Kier alpha value is -2.49. The molecule has 0 aromatic heterocycles. The van der Waals surface area contributed by atoms with Gasteiger partial charge in [0.05, 0.1) is 25.7 Å². The van der Waals surface area contributed by atoms with E-state index in [4.69, 9.17) is 46.4 Å². The zero-order chi connectivity index (χ0) is 31.1. The number of nitrogens with zero attached hydrogens (tertiary/aromatic N) is 2. The molecule has 4 rings (SSSR count). The Kier molecular flexibility index (Phi) is 11.6. The molecule has 1 N–H and O–H groups in total. The third kappa shape index (κ3) is 8.37. The Balaban J connectivity index is 1.73. The van der Waals surface area contributed by atoms with Crippen molar-refractivity contribution in [1.82, 2.24) is 10.2 Å². The summed E-state index contributed by atoms with van der Waals surface area (Å²) in [6, 6.07) is 16.2. The quantitative estimate of drug-likeness (QED) is 0.224. The van der Waals surface area contributed by atoms with E-state index in [1.807, 2.05) is 6.92 Å². The minimum atomic E-state index is -4.26. The first-order valence-electron chi connectivity index (χ1n) is 14.1. The lowest BCUT2D eigenvalue weighted by Crippen LogP contribution is -2.54. The minimum Gasteiger partial charge on any atom is -0.352 e. The second-order valence-corrected chi connectivity index (χ2v) is 14.0. The van der Waals surface area contributed by atoms with Crippen LogP contribution < -0.4 is 9.62 Å². The molecule has 1 fully saturated rings. The summed E-state index contributed by atoms with van der Waals surface area (Å²) in [4.78, 5) is 29.3. The number of amides is 2. The number of halogens is 4. The Morgan fingerprint density at radius 1 is 0.884 bits per heavy atom. The molecule has 1 aliphatic rings. The van der Waals surface area contributed by atoms with Crippen LogP contribution in [-0.2, 0) is 26.2 Å². The molecule has 1 atom stereocenters. The second-order valence-electron chi connectivity index (χ2n) is 10.5. The molecule has 0 bridgehead atoms. The monoisotopic (exact) mass is 683 g/mol. The van der Waals surface area contributed by atoms with E-state index in [2.05, 4.69) is 5.32 Å². The zero-order valence-corrected chi connectivity index (χ0v) is 27.5. The van der Waals surface area contributed by atoms with Gasteiger partial charge in [-0.3, -0.25) is 13.9 Å². The van der Waals surface area contributed by atoms with Gasteiger partial charge in [-0.1, -0.05) is 96.9 Å². The number of carbonyl (C=O) groups excluding carboxylic acids is 2. The molecule has 7 nitrogen and oxygen atoms in total. The molecule has 1 aliphatic carbocycles. The molecule has 2 amide bonds. The van der Waals surface area contributed by atoms with Crippen molar-refractivity contribution in [3.05, 3.63) is 92.4 Å². The van der Waals surface area contributed by atoms with Crippen molar-refractivity contribution < 1.29 is 18.0 Å². The highest BCUT2D eigenvalue weighted by atomic mass is 35.5. The van der Waals surface area contributed by atoms with E-state index in [9.17, 15) is 18.0 Å². The van der Waals surface area contributed by atoms with Gasteiger partial charge in [-0.15, -0.1) is 0 Å². The predicted molar refractivity (Wildman–Crippen MR) is 174 cm³/mol. The van der Waals surface area contributed by atoms with Gasteiger partial charge < -0.3 is 10.2 Å². The van der Waals surface area contributed by atoms with Crippen molar-refractivity contribution in [2.45, 2.75) is 69.0 Å². The van der Waals surface area contributed by atoms with E-state index < -0.39 is 28.5 Å². The van der Waals surface area contributed by atoms with Crippen LogP contribution in [0.4, 0.5) is 5.69 Å². The van der Waals surface area contributed by atoms with Crippen molar-refractivity contribution in [3.63, 3.8) is 0 Å². The highest BCUT2D eigenvalue weighted by Gasteiger charge is 2.35. The summed E-state index contributed by atoms with van der Waals surface area (Å²) in [6.07, 6.45) is 5.25. The summed E-state index contributed by atoms with van der Waals surface area (Å²) in [5.41, 5.74) is 0.714. The van der Waals surface area contributed by atoms with Crippen LogP contribution in [0.15, 0.2) is 71.6 Å². The van der Waals surface area contributed by atoms with E-state index in [0.29, 0.717) is 27.1 Å². The van der Waals surface area contributed by atoms with Crippen molar-refractivity contribution in [1.29, 1.82) is 0 Å². The standard InChI is InChI=1S/C31H33Cl4N3O4S/c1-2-28(31(40)36-23-9-5-3-6-10-23)37(19-21-13-15-25(33)26(34)17-21)30(39)20-38(29-16-14-22(32)18-27(29)35)43(41,42)24-11-7-4-8-12-24/h4,7-8,11-18,23,28H,2-3,5-6,9-10,19-20H2,1H3,(H,36,40)/t28-/m0/s1. The molecule has 0 spiro atoms. The fourth-order valence-electron chi connectivity index (χ4n) is 5.22. The van der Waals surface area contributed by atoms with E-state index >= 15 is 0 Å². The maximum atomic E-state index is 14.2. The maximum Gasteiger partial charge on any atom is 0.264 e. The van der Waals surface area contributed by atoms with Crippen LogP contribution in [0, 0.1) is 0 Å². The van der Waals surface area contributed by atoms with E-state index in [1.165, 1.54) is 35.2 Å². The lowest BCUT2D eigenvalue weighted by Gasteiger charge is -2.34. The highest BCUT2D eigenvalue weighted by Crippen LogP contribution is 2.33. The largest absolute Gasteiger partial charge is 0.352 e. The van der Waals surface area contributed by atoms with Crippen LogP contribution >= 0.6 is 46.4 Å². The molecule has 0 aliphatic heterocycles. The van der Waals surface area contributed by atoms with Crippen LogP contribution in [-0.4, -0.2) is 43.8 Å². The Morgan fingerprint density at radius 3 is 2.21 bits per heavy atom. The van der Waals surface area contributed by atoms with Crippen molar-refractivity contribution in [2.24, 2.45) is 0 Å². The van der Waals surface area contributed by atoms with Gasteiger partial charge >= 0.3 is 0 Å². The summed E-state index contributed by atoms with van der Waals surface area (Å²) >= 11 is 25.0. The first-order chi connectivity index (χ1) is 20.5. The first-order valence-corrected chi connectivity index (χ1v) is 17.0. The summed E-state index contributed by atoms with van der Waals surface area (Å²) < 4.78 is 28.9. The van der Waals surface area contributed by atoms with Gasteiger partial charge in [0, 0.05) is 17.6 Å². The van der Waals surface area contributed by atoms with Crippen molar-refractivity contribution >= 4 is 73.9 Å². The van der Waals surface area contributed by atoms with Gasteiger partial charge in [0.2, 0.25) is 11.8 Å². The van der Waals surface area contributed by atoms with E-state index in [-0.39, 0.29) is 34.1 Å². The average Bonchev–Trinajstić information content (AvgIpc) is 2.98. The van der Waals surface area contributed by atoms with Crippen LogP contribution in [0.1, 0.15) is 51.0 Å². The van der Waals surface area contributed by atoms with Crippen molar-refractivity contribution in [3.8, 4) is 0 Å². The van der Waals surface area contributed by atoms with Gasteiger partial charge in [0.15, 0.2) is 0 Å². The molecule has 230 valence electrons. The van der Waals surface area contributed by atoms with Crippen LogP contribution in [0.3, 0.4) is 0 Å². The molecule has 43 heavy (non-hydrogen) atoms. The first kappa shape index (κ1) is 33.4. The minimum absolute atomic E-state index is 0.000109. The number of rotatable bonds is 11. The van der Waals surface area contributed by atoms with Gasteiger partial charge in [0.1, 0.15) is 12.6 Å². The smallest absolute Gasteiger partial charge is 0.264 e. The van der Waals surface area contributed by atoms with Gasteiger partial charge in [-0.05, 0) is 67.3 Å². The Morgan fingerprint density at radius 2 is 1.58 bits per heavy atom. The molecule has 1 saturated carbocycles. The molecular formula is C31H33Cl4N3O4S. The molecule has 0 saturated heterocycles. The SMILES string of the molecule is CC[C@@H](C(=O)NC1CCCCC1)N(Cc1ccc(Cl)c(Cl)c1)C(=O)CN(c1ccc(Cl)cc1Cl)S(=O)(=O)c1ccccc1. The van der Waals surface area contributed by atoms with Crippen LogP contribution in [0.2, 0.25) is 20.1 Å². The Labute approximate surface area is 273 Å². The number of sulfonamides is 1. The maximum absolute atomic E-state index is 14.2. The normalized spacial score (nSPS) is 14.6. The lowest BCUT2D eigenvalue weighted by molar-refractivity contribution is -0.140. The highest BCUT2D eigenvalue weighted by molar-refractivity contribution is 7.92. The number of benzene rings is 3. The van der Waals surface area contributed by atoms with E-state index in [1.54, 1.807) is 36.4 Å². The predicted octanol–water partition coefficient (Wildman–Crippen LogP) is 7.75. The van der Waals surface area contributed by atoms with E-state index in [0.717, 1.165) is 36.4 Å². The molecule has 3 aromatic carbocycles. The number of hydrogen-bond acceptors (Lipinski definition) is 4. The van der Waals surface area contributed by atoms with Crippen LogP contribution in [0.5, 0.6) is 0 Å². The molecule has 0 radical (unpaired) electrons. The van der Waals surface area contributed by atoms with Gasteiger partial charge in [0.25, 0.3) is 10.0 Å². The topological polar surface area (TPSA) is 86.8 Å². The Bertz CT molecular complexity index is 1550. The fraction of sp³-hybridized carbons (Fsp3) is 0.355. The average molecular weight is 686 g/mol. The number of carbonyl (C=O) groups is 2. The second kappa shape index (κ2) is 15.0. The zero-order valence-electron chi connectivity index (χ0n) is 23.6. The van der Waals surface area contributed by atoms with Crippen molar-refractivity contribution in [2.75, 3.05) is 10.8 Å². The summed E-state index contributed by atoms with van der Waals surface area (Å²) in [6.45, 7) is 1.20. The number of hydrogen-bond donors (Lipinski definition) is 1. The molecular weight excluding hydrogens is 652 g/mol. The fourth-order valence-corrected chi connectivity index (χ4v) is 7.55.